The van der Waals surface area contributed by atoms with Gasteiger partial charge in [-0.2, -0.15) is 0 Å². The van der Waals surface area contributed by atoms with Crippen molar-refractivity contribution in [1.82, 2.24) is 9.88 Å². The zero-order valence-electron chi connectivity index (χ0n) is 13.4. The molecule has 2 aromatic rings. The Balaban J connectivity index is 1.53. The summed E-state index contributed by atoms with van der Waals surface area (Å²) in [7, 11) is 0. The van der Waals surface area contributed by atoms with Crippen molar-refractivity contribution >= 4 is 17.2 Å². The number of aromatic nitrogens is 1. The van der Waals surface area contributed by atoms with Crippen LogP contribution in [0.4, 0.5) is 0 Å². The highest BCUT2D eigenvalue weighted by atomic mass is 32.1. The van der Waals surface area contributed by atoms with Crippen molar-refractivity contribution in [2.24, 2.45) is 5.92 Å². The lowest BCUT2D eigenvalue weighted by atomic mass is 9.99. The molecule has 2 aliphatic heterocycles. The lowest BCUT2D eigenvalue weighted by molar-refractivity contribution is 0.0625. The minimum atomic E-state index is 0.0291. The lowest BCUT2D eigenvalue weighted by Crippen LogP contribution is -2.40. The van der Waals surface area contributed by atoms with Crippen LogP contribution in [0.1, 0.15) is 28.1 Å². The maximum atomic E-state index is 12.7. The minimum Gasteiger partial charge on any atom is -0.493 e. The van der Waals surface area contributed by atoms with E-state index in [1.54, 1.807) is 6.20 Å². The summed E-state index contributed by atoms with van der Waals surface area (Å²) in [6.45, 7) is 2.29. The normalized spacial score (nSPS) is 19.9. The number of ether oxygens (including phenoxy) is 1. The Bertz CT molecular complexity index is 758. The van der Waals surface area contributed by atoms with Crippen LogP contribution in [0.5, 0.6) is 5.75 Å². The molecular formula is C18H20N2O3S. The monoisotopic (exact) mass is 344 g/mol. The van der Waals surface area contributed by atoms with E-state index in [9.17, 15) is 9.90 Å². The molecule has 1 saturated heterocycles. The summed E-state index contributed by atoms with van der Waals surface area (Å²) < 4.78 is 5.53. The van der Waals surface area contributed by atoms with Crippen LogP contribution in [0.3, 0.4) is 0 Å². The molecule has 2 aliphatic rings. The molecule has 126 valence electrons. The Morgan fingerprint density at radius 3 is 3.25 bits per heavy atom. The number of likely N-dealkylation sites (tertiary alicyclic amines) is 1. The molecule has 1 atom stereocenters. The van der Waals surface area contributed by atoms with Gasteiger partial charge in [0.05, 0.1) is 12.8 Å². The number of benzene rings is 1. The number of aliphatic hydroxyl groups excluding tert-OH is 1. The average molecular weight is 344 g/mol. The number of carbonyl (C=O) groups excluding carboxylic acids is 1. The van der Waals surface area contributed by atoms with Crippen molar-refractivity contribution in [2.45, 2.75) is 19.3 Å². The van der Waals surface area contributed by atoms with Crippen molar-refractivity contribution in [1.29, 1.82) is 0 Å². The average Bonchev–Trinajstić information content (AvgIpc) is 3.29. The van der Waals surface area contributed by atoms with Crippen LogP contribution >= 0.6 is 11.3 Å². The van der Waals surface area contributed by atoms with Gasteiger partial charge in [0.1, 0.15) is 15.6 Å². The second-order valence-electron chi connectivity index (χ2n) is 6.39. The van der Waals surface area contributed by atoms with Crippen LogP contribution in [0.15, 0.2) is 24.4 Å². The maximum absolute atomic E-state index is 12.7. The lowest BCUT2D eigenvalue weighted by Gasteiger charge is -2.31. The van der Waals surface area contributed by atoms with Crippen LogP contribution in [0.2, 0.25) is 0 Å². The van der Waals surface area contributed by atoms with Crippen LogP contribution in [0, 0.1) is 5.92 Å². The molecule has 0 radical (unpaired) electrons. The highest BCUT2D eigenvalue weighted by Crippen LogP contribution is 2.33. The van der Waals surface area contributed by atoms with Crippen molar-refractivity contribution in [3.8, 4) is 16.3 Å². The molecule has 0 spiro atoms. The number of hydrogen-bond donors (Lipinski definition) is 1. The third kappa shape index (κ3) is 2.91. The van der Waals surface area contributed by atoms with Crippen LogP contribution in [-0.2, 0) is 6.42 Å². The Morgan fingerprint density at radius 2 is 2.38 bits per heavy atom. The number of carbonyl (C=O) groups is 1. The molecule has 4 rings (SSSR count). The van der Waals surface area contributed by atoms with Crippen molar-refractivity contribution in [2.75, 3.05) is 26.3 Å². The summed E-state index contributed by atoms with van der Waals surface area (Å²) in [5.74, 6) is 1.18. The number of piperidine rings is 1. The number of amides is 1. The van der Waals surface area contributed by atoms with Crippen LogP contribution in [0.25, 0.3) is 10.6 Å². The maximum Gasteiger partial charge on any atom is 0.265 e. The summed E-state index contributed by atoms with van der Waals surface area (Å²) in [6, 6.07) is 6.09. The molecule has 6 heteroatoms. The molecular weight excluding hydrogens is 324 g/mol. The second-order valence-corrected chi connectivity index (χ2v) is 7.42. The topological polar surface area (TPSA) is 62.7 Å². The zero-order chi connectivity index (χ0) is 16.5. The van der Waals surface area contributed by atoms with Crippen molar-refractivity contribution in [3.05, 3.63) is 34.8 Å². The van der Waals surface area contributed by atoms with E-state index in [0.29, 0.717) is 11.4 Å². The van der Waals surface area contributed by atoms with Gasteiger partial charge in [-0.3, -0.25) is 4.79 Å². The molecule has 1 aromatic carbocycles. The molecule has 0 bridgehead atoms. The van der Waals surface area contributed by atoms with E-state index in [0.717, 1.165) is 48.7 Å². The number of nitrogens with zero attached hydrogens (tertiary/aromatic N) is 2. The van der Waals surface area contributed by atoms with Gasteiger partial charge in [-0.15, -0.1) is 11.3 Å². The van der Waals surface area contributed by atoms with Gasteiger partial charge in [0.15, 0.2) is 0 Å². The number of hydrogen-bond acceptors (Lipinski definition) is 5. The number of thiazole rings is 1. The Hall–Kier alpha value is -1.92. The molecule has 1 amide bonds. The molecule has 1 unspecified atom stereocenters. The molecule has 0 aliphatic carbocycles. The van der Waals surface area contributed by atoms with Crippen molar-refractivity contribution < 1.29 is 14.6 Å². The predicted octanol–water partition coefficient (Wildman–Crippen LogP) is 2.59. The van der Waals surface area contributed by atoms with Gasteiger partial charge >= 0.3 is 0 Å². The standard InChI is InChI=1S/C18H20N2O3S/c21-11-12-2-1-6-20(10-12)18(22)16-9-19-17(24-16)14-3-4-15-13(8-14)5-7-23-15/h3-4,8-9,12,21H,1-2,5-7,10-11H2. The summed E-state index contributed by atoms with van der Waals surface area (Å²) in [6.07, 6.45) is 4.55. The van der Waals surface area contributed by atoms with Gasteiger partial charge in [-0.1, -0.05) is 0 Å². The van der Waals surface area contributed by atoms with E-state index in [1.165, 1.54) is 16.9 Å². The second kappa shape index (κ2) is 6.53. The first-order chi connectivity index (χ1) is 11.7. The molecule has 1 N–H and O–H groups in total. The minimum absolute atomic E-state index is 0.0291. The van der Waals surface area contributed by atoms with Crippen molar-refractivity contribution in [3.63, 3.8) is 0 Å². The van der Waals surface area contributed by atoms with E-state index in [-0.39, 0.29) is 18.4 Å². The molecule has 5 nitrogen and oxygen atoms in total. The summed E-state index contributed by atoms with van der Waals surface area (Å²) in [5.41, 5.74) is 2.24. The van der Waals surface area contributed by atoms with Gasteiger partial charge in [-0.25, -0.2) is 4.98 Å². The third-order valence-corrected chi connectivity index (χ3v) is 5.75. The molecule has 1 fully saturated rings. The fourth-order valence-corrected chi connectivity index (χ4v) is 4.26. The predicted molar refractivity (Wildman–Crippen MR) is 92.5 cm³/mol. The van der Waals surface area contributed by atoms with Gasteiger partial charge in [0.2, 0.25) is 0 Å². The summed E-state index contributed by atoms with van der Waals surface area (Å²) >= 11 is 1.44. The van der Waals surface area contributed by atoms with E-state index in [1.807, 2.05) is 17.0 Å². The number of aliphatic hydroxyl groups is 1. The van der Waals surface area contributed by atoms with E-state index < -0.39 is 0 Å². The van der Waals surface area contributed by atoms with Crippen LogP contribution in [-0.4, -0.2) is 47.2 Å². The Labute approximate surface area is 144 Å². The van der Waals surface area contributed by atoms with E-state index in [2.05, 4.69) is 11.1 Å². The highest BCUT2D eigenvalue weighted by Gasteiger charge is 2.25. The first-order valence-corrected chi connectivity index (χ1v) is 9.18. The number of fused-ring (bicyclic) bond motifs is 1. The Morgan fingerprint density at radius 1 is 1.46 bits per heavy atom. The van der Waals surface area contributed by atoms with Gasteiger partial charge < -0.3 is 14.7 Å². The highest BCUT2D eigenvalue weighted by molar-refractivity contribution is 7.16. The third-order valence-electron chi connectivity index (χ3n) is 4.72. The van der Waals surface area contributed by atoms with Gasteiger partial charge in [-0.05, 0) is 42.5 Å². The fourth-order valence-electron chi connectivity index (χ4n) is 3.38. The fraction of sp³-hybridized carbons (Fsp3) is 0.444. The van der Waals surface area contributed by atoms with Gasteiger partial charge in [0, 0.05) is 31.7 Å². The summed E-state index contributed by atoms with van der Waals surface area (Å²) in [4.78, 5) is 19.6. The SMILES string of the molecule is O=C(c1cnc(-c2ccc3c(c2)CCO3)s1)N1CCCC(CO)C1. The molecule has 24 heavy (non-hydrogen) atoms. The van der Waals surface area contributed by atoms with Crippen LogP contribution < -0.4 is 4.74 Å². The number of rotatable bonds is 3. The quantitative estimate of drug-likeness (QED) is 0.930. The first kappa shape index (κ1) is 15.6. The molecule has 3 heterocycles. The Kier molecular flexibility index (Phi) is 4.24. The smallest absolute Gasteiger partial charge is 0.265 e. The molecule has 0 saturated carbocycles. The first-order valence-electron chi connectivity index (χ1n) is 8.36. The largest absolute Gasteiger partial charge is 0.493 e. The zero-order valence-corrected chi connectivity index (χ0v) is 14.2. The van der Waals surface area contributed by atoms with E-state index >= 15 is 0 Å². The van der Waals surface area contributed by atoms with Gasteiger partial charge in [0.25, 0.3) is 5.91 Å². The molecule has 1 aromatic heterocycles. The van der Waals surface area contributed by atoms with E-state index in [4.69, 9.17) is 4.74 Å². The summed E-state index contributed by atoms with van der Waals surface area (Å²) in [5, 5.41) is 10.2.